The lowest BCUT2D eigenvalue weighted by molar-refractivity contribution is 0.432. The van der Waals surface area contributed by atoms with Crippen molar-refractivity contribution in [1.82, 2.24) is 19.9 Å². The minimum absolute atomic E-state index is 0.536. The Labute approximate surface area is 139 Å². The Balaban J connectivity index is 1.73. The summed E-state index contributed by atoms with van der Waals surface area (Å²) in [5, 5.41) is 8.36. The molecule has 0 unspecified atom stereocenters. The van der Waals surface area contributed by atoms with Gasteiger partial charge in [0.2, 0.25) is 5.82 Å². The summed E-state index contributed by atoms with van der Waals surface area (Å²) < 4.78 is 7.30. The molecule has 0 saturated heterocycles. The van der Waals surface area contributed by atoms with Gasteiger partial charge in [0.15, 0.2) is 0 Å². The molecule has 2 aromatic carbocycles. The zero-order valence-corrected chi connectivity index (χ0v) is 13.5. The van der Waals surface area contributed by atoms with E-state index in [-0.39, 0.29) is 0 Å². The van der Waals surface area contributed by atoms with Crippen molar-refractivity contribution in [1.29, 1.82) is 0 Å². The maximum Gasteiger partial charge on any atom is 0.258 e. The Morgan fingerprint density at radius 1 is 0.958 bits per heavy atom. The molecule has 0 bridgehead atoms. The first kappa shape index (κ1) is 14.4. The first-order chi connectivity index (χ1) is 11.7. The number of hydrogen-bond acceptors (Lipinski definition) is 4. The number of benzene rings is 2. The topological polar surface area (TPSA) is 56.7 Å². The van der Waals surface area contributed by atoms with Crippen LogP contribution in [0, 0.1) is 6.92 Å². The van der Waals surface area contributed by atoms with Crippen molar-refractivity contribution in [2.24, 2.45) is 7.05 Å². The van der Waals surface area contributed by atoms with Gasteiger partial charge in [-0.2, -0.15) is 10.1 Å². The van der Waals surface area contributed by atoms with E-state index in [2.05, 4.69) is 15.2 Å². The van der Waals surface area contributed by atoms with Gasteiger partial charge in [-0.25, -0.2) is 0 Å². The molecule has 24 heavy (non-hydrogen) atoms. The molecule has 4 rings (SSSR count). The van der Waals surface area contributed by atoms with Gasteiger partial charge in [-0.15, -0.1) is 0 Å². The van der Waals surface area contributed by atoms with E-state index in [0.29, 0.717) is 11.7 Å². The highest BCUT2D eigenvalue weighted by atomic mass is 16.5. The summed E-state index contributed by atoms with van der Waals surface area (Å²) in [6, 6.07) is 18.0. The average molecular weight is 316 g/mol. The van der Waals surface area contributed by atoms with Crippen molar-refractivity contribution in [2.75, 3.05) is 0 Å². The van der Waals surface area contributed by atoms with Gasteiger partial charge >= 0.3 is 0 Å². The summed E-state index contributed by atoms with van der Waals surface area (Å²) in [4.78, 5) is 4.56. The van der Waals surface area contributed by atoms with Crippen molar-refractivity contribution in [3.05, 3.63) is 66.4 Å². The third-order valence-corrected chi connectivity index (χ3v) is 4.04. The van der Waals surface area contributed by atoms with E-state index in [4.69, 9.17) is 4.52 Å². The second-order valence-corrected chi connectivity index (χ2v) is 5.66. The Kier molecular flexibility index (Phi) is 3.46. The zero-order valence-electron chi connectivity index (χ0n) is 13.5. The Morgan fingerprint density at radius 2 is 1.79 bits per heavy atom. The third-order valence-electron chi connectivity index (χ3n) is 4.04. The average Bonchev–Trinajstić information content (AvgIpc) is 3.24. The predicted octanol–water partition coefficient (Wildman–Crippen LogP) is 4.11. The van der Waals surface area contributed by atoms with Gasteiger partial charge < -0.3 is 4.52 Å². The Hall–Kier alpha value is -3.21. The molecule has 2 heterocycles. The standard InChI is InChI=1S/C19H16N4O/c1-13-6-3-4-9-16(13)19-21-18(22-24-19)15-8-5-7-14(12-15)17-10-11-20-23(17)2/h3-12H,1-2H3. The molecular formula is C19H16N4O. The predicted molar refractivity (Wildman–Crippen MR) is 92.1 cm³/mol. The maximum atomic E-state index is 5.46. The molecule has 2 aromatic heterocycles. The highest BCUT2D eigenvalue weighted by Gasteiger charge is 2.13. The highest BCUT2D eigenvalue weighted by Crippen LogP contribution is 2.27. The van der Waals surface area contributed by atoms with Crippen LogP contribution in [0.4, 0.5) is 0 Å². The van der Waals surface area contributed by atoms with E-state index in [1.165, 1.54) is 0 Å². The summed E-state index contributed by atoms with van der Waals surface area (Å²) in [6.07, 6.45) is 1.78. The fourth-order valence-corrected chi connectivity index (χ4v) is 2.74. The first-order valence-electron chi connectivity index (χ1n) is 7.71. The lowest BCUT2D eigenvalue weighted by Crippen LogP contribution is -1.93. The van der Waals surface area contributed by atoms with E-state index in [9.17, 15) is 0 Å². The van der Waals surface area contributed by atoms with Crippen molar-refractivity contribution in [2.45, 2.75) is 6.92 Å². The minimum Gasteiger partial charge on any atom is -0.334 e. The molecule has 0 atom stereocenters. The lowest BCUT2D eigenvalue weighted by atomic mass is 10.1. The Morgan fingerprint density at radius 3 is 2.58 bits per heavy atom. The molecule has 0 aliphatic carbocycles. The van der Waals surface area contributed by atoms with Crippen molar-refractivity contribution in [3.8, 4) is 34.1 Å². The van der Waals surface area contributed by atoms with Crippen LogP contribution >= 0.6 is 0 Å². The van der Waals surface area contributed by atoms with Crippen LogP contribution in [0.1, 0.15) is 5.56 Å². The van der Waals surface area contributed by atoms with Gasteiger partial charge in [-0.1, -0.05) is 41.6 Å². The van der Waals surface area contributed by atoms with Gasteiger partial charge in [0.05, 0.1) is 5.69 Å². The summed E-state index contributed by atoms with van der Waals surface area (Å²) >= 11 is 0. The highest BCUT2D eigenvalue weighted by molar-refractivity contribution is 5.69. The summed E-state index contributed by atoms with van der Waals surface area (Å²) in [7, 11) is 1.92. The van der Waals surface area contributed by atoms with E-state index in [0.717, 1.165) is 27.9 Å². The fraction of sp³-hybridized carbons (Fsp3) is 0.105. The molecule has 0 saturated carbocycles. The van der Waals surface area contributed by atoms with E-state index < -0.39 is 0 Å². The molecule has 0 fully saturated rings. The molecular weight excluding hydrogens is 300 g/mol. The van der Waals surface area contributed by atoms with Gasteiger partial charge in [0, 0.05) is 29.9 Å². The zero-order chi connectivity index (χ0) is 16.5. The second kappa shape index (κ2) is 5.77. The molecule has 5 heteroatoms. The van der Waals surface area contributed by atoms with E-state index in [1.807, 2.05) is 73.3 Å². The molecule has 4 aromatic rings. The number of nitrogens with zero attached hydrogens (tertiary/aromatic N) is 4. The first-order valence-corrected chi connectivity index (χ1v) is 7.71. The molecule has 0 amide bonds. The summed E-state index contributed by atoms with van der Waals surface area (Å²) in [6.45, 7) is 2.03. The molecule has 5 nitrogen and oxygen atoms in total. The van der Waals surface area contributed by atoms with Crippen molar-refractivity contribution in [3.63, 3.8) is 0 Å². The van der Waals surface area contributed by atoms with Gasteiger partial charge in [-0.3, -0.25) is 4.68 Å². The van der Waals surface area contributed by atoms with Crippen LogP contribution in [0.3, 0.4) is 0 Å². The monoisotopic (exact) mass is 316 g/mol. The summed E-state index contributed by atoms with van der Waals surface area (Å²) in [5.41, 5.74) is 5.09. The van der Waals surface area contributed by atoms with Crippen LogP contribution in [0.25, 0.3) is 34.1 Å². The molecule has 0 aliphatic heterocycles. The number of aryl methyl sites for hydroxylation is 2. The molecule has 0 radical (unpaired) electrons. The molecule has 0 N–H and O–H groups in total. The van der Waals surface area contributed by atoms with Gasteiger partial charge in [-0.05, 0) is 30.7 Å². The van der Waals surface area contributed by atoms with Crippen LogP contribution in [-0.2, 0) is 7.05 Å². The largest absolute Gasteiger partial charge is 0.334 e. The molecule has 0 aliphatic rings. The van der Waals surface area contributed by atoms with Crippen LogP contribution in [0.15, 0.2) is 65.3 Å². The quantitative estimate of drug-likeness (QED) is 0.570. The van der Waals surface area contributed by atoms with Crippen LogP contribution in [-0.4, -0.2) is 19.9 Å². The number of hydrogen-bond donors (Lipinski definition) is 0. The number of rotatable bonds is 3. The van der Waals surface area contributed by atoms with Crippen LogP contribution in [0.5, 0.6) is 0 Å². The second-order valence-electron chi connectivity index (χ2n) is 5.66. The number of aromatic nitrogens is 4. The maximum absolute atomic E-state index is 5.46. The third kappa shape index (κ3) is 2.50. The van der Waals surface area contributed by atoms with Gasteiger partial charge in [0.25, 0.3) is 5.89 Å². The fourth-order valence-electron chi connectivity index (χ4n) is 2.74. The van der Waals surface area contributed by atoms with Crippen LogP contribution in [0.2, 0.25) is 0 Å². The van der Waals surface area contributed by atoms with Crippen molar-refractivity contribution < 1.29 is 4.52 Å². The molecule has 118 valence electrons. The minimum atomic E-state index is 0.536. The van der Waals surface area contributed by atoms with Crippen molar-refractivity contribution >= 4 is 0 Å². The Bertz CT molecular complexity index is 1000. The van der Waals surface area contributed by atoms with E-state index >= 15 is 0 Å². The van der Waals surface area contributed by atoms with Gasteiger partial charge in [0.1, 0.15) is 0 Å². The molecule has 0 spiro atoms. The lowest BCUT2D eigenvalue weighted by Gasteiger charge is -2.03. The summed E-state index contributed by atoms with van der Waals surface area (Å²) in [5.74, 6) is 1.12. The van der Waals surface area contributed by atoms with Crippen LogP contribution < -0.4 is 0 Å². The smallest absolute Gasteiger partial charge is 0.258 e. The van der Waals surface area contributed by atoms with E-state index in [1.54, 1.807) is 6.20 Å². The normalized spacial score (nSPS) is 10.9. The SMILES string of the molecule is Cc1ccccc1-c1nc(-c2cccc(-c3ccnn3C)c2)no1.